The fourth-order valence-corrected chi connectivity index (χ4v) is 3.07. The summed E-state index contributed by atoms with van der Waals surface area (Å²) in [5.74, 6) is -1.28. The highest BCUT2D eigenvalue weighted by atomic mass is 19.1. The van der Waals surface area contributed by atoms with Crippen molar-refractivity contribution in [2.45, 2.75) is 24.1 Å². The molecule has 0 radical (unpaired) electrons. The minimum atomic E-state index is -2.17. The zero-order chi connectivity index (χ0) is 18.2. The molecule has 0 saturated heterocycles. The van der Waals surface area contributed by atoms with Crippen LogP contribution >= 0.6 is 0 Å². The molecule has 1 aliphatic carbocycles. The summed E-state index contributed by atoms with van der Waals surface area (Å²) >= 11 is 0. The van der Waals surface area contributed by atoms with Gasteiger partial charge >= 0.3 is 0 Å². The van der Waals surface area contributed by atoms with Crippen LogP contribution in [0, 0.1) is 11.7 Å². The summed E-state index contributed by atoms with van der Waals surface area (Å²) in [6.07, 6.45) is -4.82. The van der Waals surface area contributed by atoms with E-state index in [-0.39, 0.29) is 11.6 Å². The van der Waals surface area contributed by atoms with Crippen LogP contribution in [0.3, 0.4) is 0 Å². The van der Waals surface area contributed by atoms with Gasteiger partial charge in [-0.2, -0.15) is 0 Å². The number of halogens is 1. The lowest BCUT2D eigenvalue weighted by molar-refractivity contribution is -0.332. The van der Waals surface area contributed by atoms with Gasteiger partial charge in [0.1, 0.15) is 17.7 Å². The van der Waals surface area contributed by atoms with Crippen molar-refractivity contribution in [3.63, 3.8) is 0 Å². The smallest absolute Gasteiger partial charge is 0.229 e. The third-order valence-electron chi connectivity index (χ3n) is 4.66. The van der Waals surface area contributed by atoms with Crippen molar-refractivity contribution in [3.8, 4) is 16.9 Å². The van der Waals surface area contributed by atoms with Gasteiger partial charge in [-0.25, -0.2) is 4.39 Å². The lowest BCUT2D eigenvalue weighted by Crippen LogP contribution is -2.76. The monoisotopic (exact) mass is 350 g/mol. The Bertz CT molecular complexity index is 737. The number of benzene rings is 2. The van der Waals surface area contributed by atoms with Crippen molar-refractivity contribution in [1.82, 2.24) is 0 Å². The first kappa shape index (κ1) is 17.8. The summed E-state index contributed by atoms with van der Waals surface area (Å²) < 4.78 is 18.5. The van der Waals surface area contributed by atoms with Crippen LogP contribution in [0.5, 0.6) is 5.75 Å². The molecular formula is C18H19FO6. The highest BCUT2D eigenvalue weighted by Crippen LogP contribution is 2.42. The first-order chi connectivity index (χ1) is 11.9. The second kappa shape index (κ2) is 6.70. The minimum absolute atomic E-state index is 0.200. The largest absolute Gasteiger partial charge is 0.462 e. The van der Waals surface area contributed by atoms with Crippen molar-refractivity contribution in [2.75, 3.05) is 6.61 Å². The van der Waals surface area contributed by atoms with Crippen LogP contribution in [0.25, 0.3) is 11.1 Å². The standard InChI is InChI=1S/C18H19FO6/c19-12-3-1-2-11(8-12)10-4-6-13(7-5-10)25-17(23)18(24)14(9-20)15(21)16(18)22/h1-8,14-17,20-24H,9H2. The molecule has 1 aliphatic rings. The molecule has 0 bridgehead atoms. The van der Waals surface area contributed by atoms with Crippen molar-refractivity contribution in [2.24, 2.45) is 5.92 Å². The SMILES string of the molecule is OCC1C(O)C(O)C1(O)C(O)Oc1ccc(-c2cccc(F)c2)cc1. The van der Waals surface area contributed by atoms with Crippen molar-refractivity contribution < 1.29 is 34.7 Å². The van der Waals surface area contributed by atoms with Gasteiger partial charge in [0, 0.05) is 5.92 Å². The Kier molecular flexibility index (Phi) is 4.77. The number of rotatable bonds is 5. The van der Waals surface area contributed by atoms with E-state index in [4.69, 9.17) is 4.74 Å². The molecule has 134 valence electrons. The molecule has 0 amide bonds. The molecule has 2 aromatic rings. The summed E-state index contributed by atoms with van der Waals surface area (Å²) in [6, 6.07) is 12.4. The summed E-state index contributed by atoms with van der Waals surface area (Å²) in [6.45, 7) is -0.617. The van der Waals surface area contributed by atoms with Gasteiger partial charge in [-0.3, -0.25) is 0 Å². The first-order valence-corrected chi connectivity index (χ1v) is 7.78. The van der Waals surface area contributed by atoms with Gasteiger partial charge in [-0.15, -0.1) is 0 Å². The van der Waals surface area contributed by atoms with Gasteiger partial charge in [0.15, 0.2) is 5.60 Å². The van der Waals surface area contributed by atoms with E-state index >= 15 is 0 Å². The molecule has 5 atom stereocenters. The lowest BCUT2D eigenvalue weighted by atomic mass is 9.64. The van der Waals surface area contributed by atoms with E-state index in [0.717, 1.165) is 5.56 Å². The van der Waals surface area contributed by atoms with Gasteiger partial charge in [0.05, 0.1) is 12.7 Å². The number of aliphatic hydroxyl groups excluding tert-OH is 4. The first-order valence-electron chi connectivity index (χ1n) is 7.78. The van der Waals surface area contributed by atoms with Crippen molar-refractivity contribution in [3.05, 3.63) is 54.3 Å². The quantitative estimate of drug-likeness (QED) is 0.495. The molecule has 25 heavy (non-hydrogen) atoms. The van der Waals surface area contributed by atoms with E-state index in [1.54, 1.807) is 24.3 Å². The van der Waals surface area contributed by atoms with Crippen LogP contribution in [0.2, 0.25) is 0 Å². The van der Waals surface area contributed by atoms with Gasteiger partial charge in [0.2, 0.25) is 6.29 Å². The van der Waals surface area contributed by atoms with Crippen LogP contribution in [0.15, 0.2) is 48.5 Å². The molecule has 1 fully saturated rings. The second-order valence-electron chi connectivity index (χ2n) is 6.12. The fourth-order valence-electron chi connectivity index (χ4n) is 3.07. The molecule has 0 heterocycles. The second-order valence-corrected chi connectivity index (χ2v) is 6.12. The average molecular weight is 350 g/mol. The van der Waals surface area contributed by atoms with E-state index < -0.39 is 36.6 Å². The molecule has 6 nitrogen and oxygen atoms in total. The Labute approximate surface area is 143 Å². The van der Waals surface area contributed by atoms with E-state index in [0.29, 0.717) is 5.56 Å². The normalized spacial score (nSPS) is 29.8. The number of aliphatic hydroxyl groups is 5. The molecular weight excluding hydrogens is 331 g/mol. The number of hydrogen-bond acceptors (Lipinski definition) is 6. The molecule has 0 aliphatic heterocycles. The van der Waals surface area contributed by atoms with Crippen LogP contribution in [-0.2, 0) is 0 Å². The maximum Gasteiger partial charge on any atom is 0.229 e. The van der Waals surface area contributed by atoms with E-state index in [9.17, 15) is 29.9 Å². The molecule has 5 N–H and O–H groups in total. The number of hydrogen-bond donors (Lipinski definition) is 5. The summed E-state index contributed by atoms with van der Waals surface area (Å²) in [4.78, 5) is 0. The Morgan fingerprint density at radius 2 is 1.76 bits per heavy atom. The van der Waals surface area contributed by atoms with Gasteiger partial charge in [-0.05, 0) is 35.4 Å². The Balaban J connectivity index is 1.73. The average Bonchev–Trinajstić information content (AvgIpc) is 2.62. The van der Waals surface area contributed by atoms with Gasteiger partial charge < -0.3 is 30.3 Å². The molecule has 0 aromatic heterocycles. The highest BCUT2D eigenvalue weighted by molar-refractivity contribution is 5.64. The minimum Gasteiger partial charge on any atom is -0.462 e. The maximum absolute atomic E-state index is 13.3. The Morgan fingerprint density at radius 1 is 1.08 bits per heavy atom. The van der Waals surface area contributed by atoms with Crippen LogP contribution in [0.1, 0.15) is 0 Å². The third kappa shape index (κ3) is 3.01. The van der Waals surface area contributed by atoms with E-state index in [1.807, 2.05) is 0 Å². The fraction of sp³-hybridized carbons (Fsp3) is 0.333. The third-order valence-corrected chi connectivity index (χ3v) is 4.66. The van der Waals surface area contributed by atoms with Crippen LogP contribution < -0.4 is 4.74 Å². The predicted octanol–water partition coefficient (Wildman–Crippen LogP) is 0.265. The summed E-state index contributed by atoms with van der Waals surface area (Å²) in [5.41, 5.74) is -0.772. The molecule has 0 spiro atoms. The van der Waals surface area contributed by atoms with Gasteiger partial charge in [0.25, 0.3) is 0 Å². The van der Waals surface area contributed by atoms with E-state index in [1.165, 1.54) is 24.3 Å². The van der Waals surface area contributed by atoms with E-state index in [2.05, 4.69) is 0 Å². The molecule has 1 saturated carbocycles. The molecule has 2 aromatic carbocycles. The van der Waals surface area contributed by atoms with Crippen molar-refractivity contribution in [1.29, 1.82) is 0 Å². The lowest BCUT2D eigenvalue weighted by Gasteiger charge is -2.53. The van der Waals surface area contributed by atoms with Crippen molar-refractivity contribution >= 4 is 0 Å². The zero-order valence-corrected chi connectivity index (χ0v) is 13.2. The topological polar surface area (TPSA) is 110 Å². The van der Waals surface area contributed by atoms with Gasteiger partial charge in [-0.1, -0.05) is 24.3 Å². The Hall–Kier alpha value is -2.03. The number of ether oxygens (including phenoxy) is 1. The van der Waals surface area contributed by atoms with Crippen LogP contribution in [-0.4, -0.2) is 56.2 Å². The highest BCUT2D eigenvalue weighted by Gasteiger charge is 2.65. The summed E-state index contributed by atoms with van der Waals surface area (Å²) in [7, 11) is 0. The summed E-state index contributed by atoms with van der Waals surface area (Å²) in [5, 5.41) is 48.8. The van der Waals surface area contributed by atoms with Crippen LogP contribution in [0.4, 0.5) is 4.39 Å². The molecule has 7 heteroatoms. The Morgan fingerprint density at radius 3 is 2.36 bits per heavy atom. The molecule has 3 rings (SSSR count). The zero-order valence-electron chi connectivity index (χ0n) is 13.2. The maximum atomic E-state index is 13.3. The molecule has 5 unspecified atom stereocenters. The predicted molar refractivity (Wildman–Crippen MR) is 86.0 cm³/mol.